The van der Waals surface area contributed by atoms with E-state index in [0.717, 1.165) is 5.56 Å². The van der Waals surface area contributed by atoms with Crippen molar-refractivity contribution in [1.29, 1.82) is 0 Å². The Labute approximate surface area is 174 Å². The van der Waals surface area contributed by atoms with Gasteiger partial charge in [-0.3, -0.25) is 14.4 Å². The fourth-order valence-electron chi connectivity index (χ4n) is 3.29. The van der Waals surface area contributed by atoms with Crippen molar-refractivity contribution in [1.82, 2.24) is 4.90 Å². The number of amides is 1. The van der Waals surface area contributed by atoms with Gasteiger partial charge < -0.3 is 14.4 Å². The van der Waals surface area contributed by atoms with Crippen LogP contribution in [0.2, 0.25) is 5.02 Å². The smallest absolute Gasteiger partial charge is 0.311 e. The first-order chi connectivity index (χ1) is 13.9. The Hall–Kier alpha value is -2.86. The van der Waals surface area contributed by atoms with Crippen molar-refractivity contribution in [3.05, 3.63) is 64.2 Å². The predicted molar refractivity (Wildman–Crippen MR) is 108 cm³/mol. The van der Waals surface area contributed by atoms with Gasteiger partial charge in [0.05, 0.1) is 13.0 Å². The average molecular weight is 416 g/mol. The molecule has 1 fully saturated rings. The highest BCUT2D eigenvalue weighted by Gasteiger charge is 2.35. The normalized spacial score (nSPS) is 16.0. The van der Waals surface area contributed by atoms with Crippen LogP contribution in [0.3, 0.4) is 0 Å². The average Bonchev–Trinajstić information content (AvgIpc) is 3.08. The van der Waals surface area contributed by atoms with Crippen LogP contribution in [0.1, 0.15) is 34.8 Å². The maximum atomic E-state index is 12.5. The highest BCUT2D eigenvalue weighted by molar-refractivity contribution is 6.31. The van der Waals surface area contributed by atoms with Crippen molar-refractivity contribution in [2.24, 2.45) is 5.92 Å². The minimum atomic E-state index is -0.535. The number of carbonyl (C=O) groups is 3. The van der Waals surface area contributed by atoms with E-state index in [-0.39, 0.29) is 31.3 Å². The monoisotopic (exact) mass is 415 g/mol. The number of ether oxygens (including phenoxy) is 2. The molecule has 0 aromatic heterocycles. The summed E-state index contributed by atoms with van der Waals surface area (Å²) >= 11 is 6.16. The lowest BCUT2D eigenvalue weighted by Gasteiger charge is -2.17. The number of methoxy groups -OCH3 is 1. The molecule has 1 atom stereocenters. The van der Waals surface area contributed by atoms with Crippen LogP contribution in [0.25, 0.3) is 0 Å². The second kappa shape index (κ2) is 9.09. The van der Waals surface area contributed by atoms with Gasteiger partial charge in [-0.1, -0.05) is 29.8 Å². The molecule has 2 aromatic rings. The molecule has 0 radical (unpaired) electrons. The largest absolute Gasteiger partial charge is 0.496 e. The molecule has 3 rings (SSSR count). The molecule has 1 aliphatic heterocycles. The maximum absolute atomic E-state index is 12.5. The van der Waals surface area contributed by atoms with Crippen LogP contribution >= 0.6 is 11.6 Å². The highest BCUT2D eigenvalue weighted by atomic mass is 35.5. The van der Waals surface area contributed by atoms with Crippen molar-refractivity contribution in [3.63, 3.8) is 0 Å². The Morgan fingerprint density at radius 2 is 1.93 bits per heavy atom. The SMILES string of the molecule is COc1ccc(C(C)=O)cc1COC(=O)[C@@H]1CC(=O)N(Cc2ccccc2Cl)C1. The number of hydrogen-bond donors (Lipinski definition) is 0. The number of halogens is 1. The zero-order valence-corrected chi connectivity index (χ0v) is 17.1. The molecule has 1 aliphatic rings. The van der Waals surface area contributed by atoms with E-state index in [2.05, 4.69) is 0 Å². The molecule has 29 heavy (non-hydrogen) atoms. The predicted octanol–water partition coefficient (Wildman–Crippen LogP) is 3.64. The van der Waals surface area contributed by atoms with E-state index in [9.17, 15) is 14.4 Å². The number of ketones is 1. The fraction of sp³-hybridized carbons (Fsp3) is 0.318. The molecule has 1 amide bonds. The molecular formula is C22H22ClNO5. The van der Waals surface area contributed by atoms with Gasteiger partial charge >= 0.3 is 5.97 Å². The molecule has 0 N–H and O–H groups in total. The van der Waals surface area contributed by atoms with Gasteiger partial charge in [0.15, 0.2) is 5.78 Å². The Morgan fingerprint density at radius 3 is 2.62 bits per heavy atom. The summed E-state index contributed by atoms with van der Waals surface area (Å²) in [5, 5.41) is 0.587. The summed E-state index contributed by atoms with van der Waals surface area (Å²) in [4.78, 5) is 38.0. The lowest BCUT2D eigenvalue weighted by Crippen LogP contribution is -2.26. The first-order valence-corrected chi connectivity index (χ1v) is 9.62. The van der Waals surface area contributed by atoms with E-state index in [0.29, 0.717) is 28.4 Å². The van der Waals surface area contributed by atoms with Gasteiger partial charge in [-0.15, -0.1) is 0 Å². The summed E-state index contributed by atoms with van der Waals surface area (Å²) < 4.78 is 10.7. The van der Waals surface area contributed by atoms with Crippen LogP contribution in [-0.2, 0) is 27.5 Å². The molecular weight excluding hydrogens is 394 g/mol. The van der Waals surface area contributed by atoms with Gasteiger partial charge in [0, 0.05) is 35.7 Å². The highest BCUT2D eigenvalue weighted by Crippen LogP contribution is 2.26. The zero-order valence-electron chi connectivity index (χ0n) is 16.3. The summed E-state index contributed by atoms with van der Waals surface area (Å²) in [6.07, 6.45) is 0.105. The number of carbonyl (C=O) groups excluding carboxylic acids is 3. The minimum absolute atomic E-state index is 0.0294. The van der Waals surface area contributed by atoms with E-state index in [1.165, 1.54) is 14.0 Å². The standard InChI is InChI=1S/C22H22ClNO5/c1-14(25)15-7-8-20(28-2)18(9-15)13-29-22(27)17-10-21(26)24(12-17)11-16-5-3-4-6-19(16)23/h3-9,17H,10-13H2,1-2H3/t17-/m1/s1. The van der Waals surface area contributed by atoms with Gasteiger partial charge in [0.2, 0.25) is 5.91 Å². The molecule has 2 aromatic carbocycles. The molecule has 0 spiro atoms. The van der Waals surface area contributed by atoms with Crippen LogP contribution in [-0.4, -0.2) is 36.2 Å². The number of Topliss-reactive ketones (excluding diaryl/α,β-unsaturated/α-hetero) is 1. The quantitative estimate of drug-likeness (QED) is 0.510. The summed E-state index contributed by atoms with van der Waals surface area (Å²) in [5.74, 6) is -0.646. The lowest BCUT2D eigenvalue weighted by atomic mass is 10.1. The summed E-state index contributed by atoms with van der Waals surface area (Å²) in [5.41, 5.74) is 1.95. The van der Waals surface area contributed by atoms with Crippen molar-refractivity contribution < 1.29 is 23.9 Å². The van der Waals surface area contributed by atoms with Gasteiger partial charge in [-0.25, -0.2) is 0 Å². The molecule has 0 bridgehead atoms. The van der Waals surface area contributed by atoms with Crippen molar-refractivity contribution in [2.75, 3.05) is 13.7 Å². The molecule has 7 heteroatoms. The minimum Gasteiger partial charge on any atom is -0.496 e. The summed E-state index contributed by atoms with van der Waals surface area (Å²) in [7, 11) is 1.51. The van der Waals surface area contributed by atoms with Crippen LogP contribution in [0.4, 0.5) is 0 Å². The lowest BCUT2D eigenvalue weighted by molar-refractivity contribution is -0.149. The molecule has 1 heterocycles. The fourth-order valence-corrected chi connectivity index (χ4v) is 3.49. The Kier molecular flexibility index (Phi) is 6.54. The molecule has 152 valence electrons. The molecule has 0 saturated carbocycles. The van der Waals surface area contributed by atoms with Crippen molar-refractivity contribution >= 4 is 29.3 Å². The van der Waals surface area contributed by atoms with E-state index < -0.39 is 11.9 Å². The third kappa shape index (κ3) is 4.95. The second-order valence-corrected chi connectivity index (χ2v) is 7.36. The zero-order chi connectivity index (χ0) is 21.0. The van der Waals surface area contributed by atoms with Gasteiger partial charge in [0.25, 0.3) is 0 Å². The van der Waals surface area contributed by atoms with Gasteiger partial charge in [-0.05, 0) is 36.8 Å². The number of likely N-dealkylation sites (tertiary alicyclic amines) is 1. The van der Waals surface area contributed by atoms with E-state index in [1.54, 1.807) is 29.2 Å². The third-order valence-electron chi connectivity index (χ3n) is 4.92. The molecule has 1 saturated heterocycles. The van der Waals surface area contributed by atoms with E-state index in [1.807, 2.05) is 18.2 Å². The Balaban J connectivity index is 1.62. The number of rotatable bonds is 7. The number of benzene rings is 2. The van der Waals surface area contributed by atoms with Crippen LogP contribution in [0.15, 0.2) is 42.5 Å². The number of nitrogens with zero attached hydrogens (tertiary/aromatic N) is 1. The number of hydrogen-bond acceptors (Lipinski definition) is 5. The van der Waals surface area contributed by atoms with Gasteiger partial charge in [0.1, 0.15) is 12.4 Å². The maximum Gasteiger partial charge on any atom is 0.311 e. The summed E-state index contributed by atoms with van der Waals surface area (Å²) in [6.45, 7) is 2.08. The van der Waals surface area contributed by atoms with Crippen LogP contribution < -0.4 is 4.74 Å². The summed E-state index contributed by atoms with van der Waals surface area (Å²) in [6, 6.07) is 12.3. The first-order valence-electron chi connectivity index (χ1n) is 9.24. The molecule has 6 nitrogen and oxygen atoms in total. The topological polar surface area (TPSA) is 72.9 Å². The Bertz CT molecular complexity index is 943. The van der Waals surface area contributed by atoms with Crippen molar-refractivity contribution in [2.45, 2.75) is 26.5 Å². The molecule has 0 unspecified atom stereocenters. The van der Waals surface area contributed by atoms with Crippen molar-refractivity contribution in [3.8, 4) is 5.75 Å². The third-order valence-corrected chi connectivity index (χ3v) is 5.29. The Morgan fingerprint density at radius 1 is 1.17 bits per heavy atom. The van der Waals surface area contributed by atoms with E-state index >= 15 is 0 Å². The van der Waals surface area contributed by atoms with Crippen LogP contribution in [0.5, 0.6) is 5.75 Å². The van der Waals surface area contributed by atoms with Crippen LogP contribution in [0, 0.1) is 5.92 Å². The molecule has 0 aliphatic carbocycles. The van der Waals surface area contributed by atoms with Gasteiger partial charge in [-0.2, -0.15) is 0 Å². The first kappa shape index (κ1) is 20.9. The second-order valence-electron chi connectivity index (χ2n) is 6.96. The van der Waals surface area contributed by atoms with E-state index in [4.69, 9.17) is 21.1 Å². The number of esters is 1.